The number of benzene rings is 2. The lowest BCUT2D eigenvalue weighted by molar-refractivity contribution is -0.117. The Morgan fingerprint density at radius 2 is 1.78 bits per heavy atom. The van der Waals surface area contributed by atoms with Crippen molar-refractivity contribution < 1.29 is 27.8 Å². The normalized spacial score (nSPS) is 18.5. The third kappa shape index (κ3) is 3.30. The van der Waals surface area contributed by atoms with Crippen LogP contribution in [0.3, 0.4) is 0 Å². The third-order valence-corrected chi connectivity index (χ3v) is 4.49. The van der Waals surface area contributed by atoms with E-state index < -0.39 is 29.1 Å². The maximum Gasteiger partial charge on any atom is 0.257 e. The molecule has 0 aliphatic carbocycles. The molecule has 1 fully saturated rings. The van der Waals surface area contributed by atoms with Gasteiger partial charge in [0.05, 0.1) is 6.04 Å². The monoisotopic (exact) mass is 374 g/mol. The lowest BCUT2D eigenvalue weighted by Gasteiger charge is -2.22. The quantitative estimate of drug-likeness (QED) is 0.895. The highest BCUT2D eigenvalue weighted by Gasteiger charge is 2.33. The van der Waals surface area contributed by atoms with Gasteiger partial charge in [0.2, 0.25) is 5.91 Å². The molecule has 0 radical (unpaired) electrons. The van der Waals surface area contributed by atoms with Gasteiger partial charge in [-0.15, -0.1) is 0 Å². The Morgan fingerprint density at radius 3 is 2.52 bits per heavy atom. The molecule has 0 bridgehead atoms. The van der Waals surface area contributed by atoms with Crippen LogP contribution in [0.5, 0.6) is 11.5 Å². The van der Waals surface area contributed by atoms with Gasteiger partial charge < -0.3 is 19.7 Å². The predicted molar refractivity (Wildman–Crippen MR) is 92.0 cm³/mol. The van der Waals surface area contributed by atoms with Crippen LogP contribution in [0.4, 0.5) is 14.5 Å². The molecule has 2 aromatic rings. The van der Waals surface area contributed by atoms with E-state index in [1.165, 1.54) is 11.0 Å². The van der Waals surface area contributed by atoms with Crippen LogP contribution in [0.2, 0.25) is 0 Å². The van der Waals surface area contributed by atoms with Crippen LogP contribution in [0.25, 0.3) is 0 Å². The van der Waals surface area contributed by atoms with Gasteiger partial charge in [0.15, 0.2) is 11.5 Å². The van der Waals surface area contributed by atoms with Gasteiger partial charge in [-0.3, -0.25) is 9.59 Å². The molecule has 0 spiro atoms. The summed E-state index contributed by atoms with van der Waals surface area (Å²) in [6.45, 7) is 1.09. The minimum atomic E-state index is -0.944. The Bertz CT molecular complexity index is 898. The summed E-state index contributed by atoms with van der Waals surface area (Å²) in [6.07, 6.45) is 0.0379. The number of nitrogens with one attached hydrogen (secondary N) is 1. The second kappa shape index (κ2) is 6.86. The first kappa shape index (κ1) is 17.3. The Balaban J connectivity index is 1.49. The van der Waals surface area contributed by atoms with Crippen LogP contribution >= 0.6 is 0 Å². The highest BCUT2D eigenvalue weighted by molar-refractivity contribution is 5.99. The van der Waals surface area contributed by atoms with E-state index in [4.69, 9.17) is 9.47 Å². The SMILES string of the molecule is O=C(NC1CC(=O)N(c2ccc3c(c2)OCCO3)C1)c1c(F)cccc1F. The van der Waals surface area contributed by atoms with E-state index in [0.717, 1.165) is 12.1 Å². The molecular formula is C19H16F2N2O4. The molecule has 8 heteroatoms. The first-order chi connectivity index (χ1) is 13.0. The molecule has 2 amide bonds. The number of hydrogen-bond donors (Lipinski definition) is 1. The summed E-state index contributed by atoms with van der Waals surface area (Å²) in [4.78, 5) is 26.1. The molecule has 0 aromatic heterocycles. The zero-order valence-corrected chi connectivity index (χ0v) is 14.2. The van der Waals surface area contributed by atoms with Crippen LogP contribution in [-0.2, 0) is 4.79 Å². The van der Waals surface area contributed by atoms with Crippen molar-refractivity contribution in [1.29, 1.82) is 0 Å². The van der Waals surface area contributed by atoms with Crippen LogP contribution < -0.4 is 19.7 Å². The molecule has 1 atom stereocenters. The number of rotatable bonds is 3. The first-order valence-corrected chi connectivity index (χ1v) is 8.48. The minimum absolute atomic E-state index is 0.0379. The zero-order valence-electron chi connectivity index (χ0n) is 14.2. The highest BCUT2D eigenvalue weighted by Crippen LogP contribution is 2.35. The molecule has 0 saturated carbocycles. The Labute approximate surface area is 153 Å². The topological polar surface area (TPSA) is 67.9 Å². The van der Waals surface area contributed by atoms with Crippen molar-refractivity contribution in [3.8, 4) is 11.5 Å². The molecule has 1 unspecified atom stereocenters. The average Bonchev–Trinajstić information content (AvgIpc) is 3.01. The Kier molecular flexibility index (Phi) is 4.39. The number of carbonyl (C=O) groups excluding carboxylic acids is 2. The predicted octanol–water partition coefficient (Wildman–Crippen LogP) is 2.27. The fraction of sp³-hybridized carbons (Fsp3) is 0.263. The largest absolute Gasteiger partial charge is 0.486 e. The molecular weight excluding hydrogens is 358 g/mol. The second-order valence-corrected chi connectivity index (χ2v) is 6.30. The van der Waals surface area contributed by atoms with Crippen molar-refractivity contribution in [2.75, 3.05) is 24.7 Å². The van der Waals surface area contributed by atoms with Gasteiger partial charge in [-0.25, -0.2) is 8.78 Å². The number of fused-ring (bicyclic) bond motifs is 1. The lowest BCUT2D eigenvalue weighted by atomic mass is 10.1. The van der Waals surface area contributed by atoms with Crippen molar-refractivity contribution >= 4 is 17.5 Å². The lowest BCUT2D eigenvalue weighted by Crippen LogP contribution is -2.38. The van der Waals surface area contributed by atoms with Gasteiger partial charge in [-0.1, -0.05) is 6.07 Å². The van der Waals surface area contributed by atoms with Crippen LogP contribution in [0.1, 0.15) is 16.8 Å². The fourth-order valence-corrected chi connectivity index (χ4v) is 3.23. The number of nitrogens with zero attached hydrogens (tertiary/aromatic N) is 1. The van der Waals surface area contributed by atoms with Crippen LogP contribution in [0, 0.1) is 11.6 Å². The van der Waals surface area contributed by atoms with Crippen molar-refractivity contribution in [2.45, 2.75) is 12.5 Å². The van der Waals surface area contributed by atoms with E-state index in [9.17, 15) is 18.4 Å². The maximum absolute atomic E-state index is 13.7. The number of halogens is 2. The highest BCUT2D eigenvalue weighted by atomic mass is 19.1. The second-order valence-electron chi connectivity index (χ2n) is 6.30. The van der Waals surface area contributed by atoms with Gasteiger partial charge >= 0.3 is 0 Å². The Hall–Kier alpha value is -3.16. The summed E-state index contributed by atoms with van der Waals surface area (Å²) in [7, 11) is 0. The van der Waals surface area contributed by atoms with Gasteiger partial charge in [0.1, 0.15) is 30.4 Å². The number of ether oxygens (including phenoxy) is 2. The molecule has 2 aromatic carbocycles. The molecule has 2 aliphatic heterocycles. The molecule has 2 heterocycles. The molecule has 6 nitrogen and oxygen atoms in total. The van der Waals surface area contributed by atoms with Gasteiger partial charge in [0.25, 0.3) is 5.91 Å². The number of amides is 2. The van der Waals surface area contributed by atoms with Crippen LogP contribution in [-0.4, -0.2) is 37.6 Å². The molecule has 140 valence electrons. The molecule has 1 N–H and O–H groups in total. The number of hydrogen-bond acceptors (Lipinski definition) is 4. The van der Waals surface area contributed by atoms with E-state index >= 15 is 0 Å². The number of carbonyl (C=O) groups is 2. The summed E-state index contributed by atoms with van der Waals surface area (Å²) in [5.41, 5.74) is -0.0409. The van der Waals surface area contributed by atoms with Crippen molar-refractivity contribution in [2.24, 2.45) is 0 Å². The van der Waals surface area contributed by atoms with E-state index in [1.54, 1.807) is 18.2 Å². The maximum atomic E-state index is 13.7. The smallest absolute Gasteiger partial charge is 0.257 e. The van der Waals surface area contributed by atoms with Crippen molar-refractivity contribution in [1.82, 2.24) is 5.32 Å². The van der Waals surface area contributed by atoms with Crippen molar-refractivity contribution in [3.05, 3.63) is 53.6 Å². The molecule has 27 heavy (non-hydrogen) atoms. The summed E-state index contributed by atoms with van der Waals surface area (Å²) < 4.78 is 38.5. The zero-order chi connectivity index (χ0) is 19.0. The Morgan fingerprint density at radius 1 is 1.07 bits per heavy atom. The van der Waals surface area contributed by atoms with Crippen LogP contribution in [0.15, 0.2) is 36.4 Å². The third-order valence-electron chi connectivity index (χ3n) is 4.49. The van der Waals surface area contributed by atoms with E-state index in [-0.39, 0.29) is 18.9 Å². The van der Waals surface area contributed by atoms with E-state index in [0.29, 0.717) is 30.4 Å². The van der Waals surface area contributed by atoms with E-state index in [1.807, 2.05) is 0 Å². The molecule has 2 aliphatic rings. The fourth-order valence-electron chi connectivity index (χ4n) is 3.23. The number of anilines is 1. The summed E-state index contributed by atoms with van der Waals surface area (Å²) in [5, 5.41) is 2.53. The molecule has 1 saturated heterocycles. The van der Waals surface area contributed by atoms with Gasteiger partial charge in [0, 0.05) is 24.7 Å². The van der Waals surface area contributed by atoms with Gasteiger partial charge in [-0.05, 0) is 24.3 Å². The standard InChI is InChI=1S/C19H16F2N2O4/c20-13-2-1-3-14(21)18(13)19(25)22-11-8-17(24)23(10-11)12-4-5-15-16(9-12)27-7-6-26-15/h1-5,9,11H,6-8,10H2,(H,22,25). The molecule has 4 rings (SSSR count). The first-order valence-electron chi connectivity index (χ1n) is 8.48. The summed E-state index contributed by atoms with van der Waals surface area (Å²) >= 11 is 0. The minimum Gasteiger partial charge on any atom is -0.486 e. The average molecular weight is 374 g/mol. The summed E-state index contributed by atoms with van der Waals surface area (Å²) in [6, 6.07) is 7.80. The van der Waals surface area contributed by atoms with Crippen molar-refractivity contribution in [3.63, 3.8) is 0 Å². The van der Waals surface area contributed by atoms with Gasteiger partial charge in [-0.2, -0.15) is 0 Å². The summed E-state index contributed by atoms with van der Waals surface area (Å²) in [5.74, 6) is -1.82. The van der Waals surface area contributed by atoms with E-state index in [2.05, 4.69) is 5.32 Å².